The van der Waals surface area contributed by atoms with Gasteiger partial charge in [-0.05, 0) is 51.8 Å². The molecule has 0 saturated carbocycles. The van der Waals surface area contributed by atoms with Gasteiger partial charge in [-0.3, -0.25) is 4.79 Å². The van der Waals surface area contributed by atoms with E-state index in [1.807, 2.05) is 12.1 Å². The van der Waals surface area contributed by atoms with Crippen LogP contribution in [-0.2, 0) is 6.54 Å². The van der Waals surface area contributed by atoms with Crippen LogP contribution in [0.4, 0.5) is 10.1 Å². The summed E-state index contributed by atoms with van der Waals surface area (Å²) in [7, 11) is 1.60. The van der Waals surface area contributed by atoms with Gasteiger partial charge >= 0.3 is 0 Å². The van der Waals surface area contributed by atoms with Crippen LogP contribution in [0.15, 0.2) is 46.9 Å². The Morgan fingerprint density at radius 2 is 2.05 bits per heavy atom. The Labute approximate surface area is 125 Å². The molecule has 0 fully saturated rings. The Morgan fingerprint density at radius 1 is 1.25 bits per heavy atom. The van der Waals surface area contributed by atoms with E-state index in [1.54, 1.807) is 31.3 Å². The van der Waals surface area contributed by atoms with Crippen molar-refractivity contribution < 1.29 is 9.18 Å². The minimum absolute atomic E-state index is 0.127. The molecule has 0 radical (unpaired) electrons. The van der Waals surface area contributed by atoms with E-state index >= 15 is 0 Å². The monoisotopic (exact) mass is 336 g/mol. The standard InChI is InChI=1S/C15H14BrFN2O/c1-18-15(20)11-3-2-4-12(8-11)19-9-10-5-6-14(17)13(16)7-10/h2-8,19H,9H2,1H3,(H,18,20). The molecule has 0 atom stereocenters. The third kappa shape index (κ3) is 3.57. The van der Waals surface area contributed by atoms with Crippen molar-refractivity contribution in [2.24, 2.45) is 0 Å². The molecule has 0 aliphatic rings. The number of carbonyl (C=O) groups excluding carboxylic acids is 1. The number of rotatable bonds is 4. The molecule has 0 aliphatic carbocycles. The van der Waals surface area contributed by atoms with Gasteiger partial charge in [-0.1, -0.05) is 12.1 Å². The molecule has 1 amide bonds. The summed E-state index contributed by atoms with van der Waals surface area (Å²) in [6.45, 7) is 0.552. The molecular weight excluding hydrogens is 323 g/mol. The molecule has 0 heterocycles. The SMILES string of the molecule is CNC(=O)c1cccc(NCc2ccc(F)c(Br)c2)c1. The first-order valence-electron chi connectivity index (χ1n) is 6.10. The number of nitrogens with one attached hydrogen (secondary N) is 2. The van der Waals surface area contributed by atoms with E-state index in [1.165, 1.54) is 6.07 Å². The Hall–Kier alpha value is -1.88. The van der Waals surface area contributed by atoms with Crippen LogP contribution in [0.3, 0.4) is 0 Å². The fourth-order valence-electron chi connectivity index (χ4n) is 1.77. The van der Waals surface area contributed by atoms with E-state index < -0.39 is 0 Å². The maximum atomic E-state index is 13.1. The lowest BCUT2D eigenvalue weighted by Gasteiger charge is -2.08. The predicted octanol–water partition coefficient (Wildman–Crippen LogP) is 3.56. The van der Waals surface area contributed by atoms with E-state index in [0.29, 0.717) is 16.6 Å². The number of hydrogen-bond acceptors (Lipinski definition) is 2. The zero-order valence-corrected chi connectivity index (χ0v) is 12.5. The fraction of sp³-hybridized carbons (Fsp3) is 0.133. The highest BCUT2D eigenvalue weighted by molar-refractivity contribution is 9.10. The molecule has 2 N–H and O–H groups in total. The first-order chi connectivity index (χ1) is 9.60. The lowest BCUT2D eigenvalue weighted by Crippen LogP contribution is -2.17. The molecule has 5 heteroatoms. The van der Waals surface area contributed by atoms with Crippen molar-refractivity contribution in [1.82, 2.24) is 5.32 Å². The van der Waals surface area contributed by atoms with Gasteiger partial charge in [0, 0.05) is 24.8 Å². The van der Waals surface area contributed by atoms with Gasteiger partial charge in [0.1, 0.15) is 5.82 Å². The van der Waals surface area contributed by atoms with Crippen LogP contribution >= 0.6 is 15.9 Å². The number of halogens is 2. The summed E-state index contributed by atoms with van der Waals surface area (Å²) in [4.78, 5) is 11.5. The first kappa shape index (κ1) is 14.5. The topological polar surface area (TPSA) is 41.1 Å². The van der Waals surface area contributed by atoms with Gasteiger partial charge in [0.15, 0.2) is 0 Å². The molecule has 0 bridgehead atoms. The lowest BCUT2D eigenvalue weighted by atomic mass is 10.1. The minimum atomic E-state index is -0.282. The Kier molecular flexibility index (Phi) is 4.74. The zero-order chi connectivity index (χ0) is 14.5. The van der Waals surface area contributed by atoms with Crippen molar-refractivity contribution in [2.45, 2.75) is 6.54 Å². The number of amides is 1. The zero-order valence-electron chi connectivity index (χ0n) is 10.9. The molecule has 0 unspecified atom stereocenters. The van der Waals surface area contributed by atoms with E-state index in [2.05, 4.69) is 26.6 Å². The minimum Gasteiger partial charge on any atom is -0.381 e. The Morgan fingerprint density at radius 3 is 2.75 bits per heavy atom. The fourth-order valence-corrected chi connectivity index (χ4v) is 2.19. The first-order valence-corrected chi connectivity index (χ1v) is 6.89. The number of benzene rings is 2. The normalized spacial score (nSPS) is 10.2. The van der Waals surface area contributed by atoms with E-state index in [-0.39, 0.29) is 11.7 Å². The van der Waals surface area contributed by atoms with Gasteiger partial charge in [-0.25, -0.2) is 4.39 Å². The van der Waals surface area contributed by atoms with Crippen molar-refractivity contribution in [3.8, 4) is 0 Å². The Bertz CT molecular complexity index is 631. The van der Waals surface area contributed by atoms with Gasteiger partial charge in [0.25, 0.3) is 5.91 Å². The molecule has 2 aromatic carbocycles. The summed E-state index contributed by atoms with van der Waals surface area (Å²) in [6, 6.07) is 12.1. The molecule has 0 aliphatic heterocycles. The molecule has 3 nitrogen and oxygen atoms in total. The lowest BCUT2D eigenvalue weighted by molar-refractivity contribution is 0.0963. The smallest absolute Gasteiger partial charge is 0.251 e. The van der Waals surface area contributed by atoms with Gasteiger partial charge < -0.3 is 10.6 Å². The van der Waals surface area contributed by atoms with Crippen LogP contribution < -0.4 is 10.6 Å². The third-order valence-electron chi connectivity index (χ3n) is 2.83. The summed E-state index contributed by atoms with van der Waals surface area (Å²) in [5.74, 6) is -0.409. The molecule has 0 aromatic heterocycles. The van der Waals surface area contributed by atoms with E-state index in [4.69, 9.17) is 0 Å². The van der Waals surface area contributed by atoms with Crippen LogP contribution in [0, 0.1) is 5.82 Å². The molecule has 2 rings (SSSR count). The number of carbonyl (C=O) groups is 1. The summed E-state index contributed by atoms with van der Waals surface area (Å²) in [6.07, 6.45) is 0. The van der Waals surface area contributed by atoms with Crippen LogP contribution in [0.1, 0.15) is 15.9 Å². The van der Waals surface area contributed by atoms with Gasteiger partial charge in [-0.15, -0.1) is 0 Å². The molecular formula is C15H14BrFN2O. The van der Waals surface area contributed by atoms with Crippen LogP contribution in [-0.4, -0.2) is 13.0 Å². The van der Waals surface area contributed by atoms with Crippen LogP contribution in [0.5, 0.6) is 0 Å². The summed E-state index contributed by atoms with van der Waals surface area (Å²) < 4.78 is 13.6. The highest BCUT2D eigenvalue weighted by atomic mass is 79.9. The van der Waals surface area contributed by atoms with Crippen molar-refractivity contribution in [1.29, 1.82) is 0 Å². The van der Waals surface area contributed by atoms with Crippen molar-refractivity contribution >= 4 is 27.5 Å². The highest BCUT2D eigenvalue weighted by Gasteiger charge is 2.04. The average molecular weight is 337 g/mol. The molecule has 20 heavy (non-hydrogen) atoms. The second-order valence-electron chi connectivity index (χ2n) is 4.26. The average Bonchev–Trinajstić information content (AvgIpc) is 2.48. The van der Waals surface area contributed by atoms with Crippen molar-refractivity contribution in [3.05, 3.63) is 63.9 Å². The largest absolute Gasteiger partial charge is 0.381 e. The summed E-state index contributed by atoms with van der Waals surface area (Å²) >= 11 is 3.16. The summed E-state index contributed by atoms with van der Waals surface area (Å²) in [5, 5.41) is 5.79. The molecule has 0 saturated heterocycles. The molecule has 104 valence electrons. The predicted molar refractivity (Wildman–Crippen MR) is 81.3 cm³/mol. The van der Waals surface area contributed by atoms with Crippen LogP contribution in [0.2, 0.25) is 0 Å². The number of hydrogen-bond donors (Lipinski definition) is 2. The van der Waals surface area contributed by atoms with Gasteiger partial charge in [0.05, 0.1) is 4.47 Å². The van der Waals surface area contributed by atoms with Crippen molar-refractivity contribution in [2.75, 3.05) is 12.4 Å². The summed E-state index contributed by atoms with van der Waals surface area (Å²) in [5.41, 5.74) is 2.38. The van der Waals surface area contributed by atoms with E-state index in [9.17, 15) is 9.18 Å². The quantitative estimate of drug-likeness (QED) is 0.896. The van der Waals surface area contributed by atoms with Gasteiger partial charge in [-0.2, -0.15) is 0 Å². The molecule has 2 aromatic rings. The maximum Gasteiger partial charge on any atom is 0.251 e. The van der Waals surface area contributed by atoms with Crippen molar-refractivity contribution in [3.63, 3.8) is 0 Å². The molecule has 0 spiro atoms. The second-order valence-corrected chi connectivity index (χ2v) is 5.12. The highest BCUT2D eigenvalue weighted by Crippen LogP contribution is 2.18. The van der Waals surface area contributed by atoms with Crippen LogP contribution in [0.25, 0.3) is 0 Å². The Balaban J connectivity index is 2.07. The van der Waals surface area contributed by atoms with E-state index in [0.717, 1.165) is 11.3 Å². The van der Waals surface area contributed by atoms with Gasteiger partial charge in [0.2, 0.25) is 0 Å². The number of anilines is 1. The third-order valence-corrected chi connectivity index (χ3v) is 3.44. The maximum absolute atomic E-state index is 13.1. The second kappa shape index (κ2) is 6.52.